The second-order valence-electron chi connectivity index (χ2n) is 7.44. The van der Waals surface area contributed by atoms with Crippen LogP contribution in [0.1, 0.15) is 40.5 Å². The van der Waals surface area contributed by atoms with Gasteiger partial charge in [0.05, 0.1) is 51.6 Å². The Morgan fingerprint density at radius 2 is 0.955 bits per heavy atom. The Bertz CT molecular complexity index is 360. The van der Waals surface area contributed by atoms with Crippen molar-refractivity contribution in [2.45, 2.75) is 75.3 Å². The third-order valence-electron chi connectivity index (χ3n) is 4.76. The van der Waals surface area contributed by atoms with Crippen molar-refractivity contribution in [1.29, 1.82) is 0 Å². The van der Waals surface area contributed by atoms with E-state index in [1.54, 1.807) is 0 Å². The number of aliphatic hydroxyl groups is 4. The summed E-state index contributed by atoms with van der Waals surface area (Å²) in [5.41, 5.74) is 0. The molecule has 4 N–H and O–H groups in total. The van der Waals surface area contributed by atoms with Crippen LogP contribution in [0.5, 0.6) is 0 Å². The number of hydrogen-bond acceptors (Lipinski definition) is 6. The highest BCUT2D eigenvalue weighted by atomic mass is 31.1. The van der Waals surface area contributed by atoms with Gasteiger partial charge >= 0.3 is 0 Å². The first-order valence-corrected chi connectivity index (χ1v) is 9.83. The molecule has 0 aliphatic heterocycles. The zero-order valence-corrected chi connectivity index (χ0v) is 15.9. The van der Waals surface area contributed by atoms with Gasteiger partial charge in [-0.1, -0.05) is 27.7 Å². The number of aliphatic hydroxyl groups excluding tert-OH is 4. The van der Waals surface area contributed by atoms with Gasteiger partial charge in [-0.3, -0.25) is 0 Å². The van der Waals surface area contributed by atoms with Crippen LogP contribution in [0.15, 0.2) is 0 Å². The topological polar surface area (TPSA) is 115 Å². The van der Waals surface area contributed by atoms with Gasteiger partial charge in [-0.25, -0.2) is 0 Å². The number of hydrogen-bond donors (Lipinski definition) is 4. The lowest BCUT2D eigenvalue weighted by molar-refractivity contribution is -0.162. The van der Waals surface area contributed by atoms with Gasteiger partial charge in [0.25, 0.3) is 0 Å². The summed E-state index contributed by atoms with van der Waals surface area (Å²) in [6.07, 6.45) is -5.45. The maximum absolute atomic E-state index is 11.8. The van der Waals surface area contributed by atoms with E-state index in [-0.39, 0.29) is 24.7 Å². The molecule has 6 nitrogen and oxygen atoms in total. The second kappa shape index (κ2) is 7.46. The fraction of sp³-hybridized carbons (Fsp3) is 1.00. The number of rotatable bonds is 6. The van der Waals surface area contributed by atoms with Crippen molar-refractivity contribution in [1.82, 2.24) is 0 Å². The van der Waals surface area contributed by atoms with Crippen LogP contribution < -0.4 is 0 Å². The molecule has 0 radical (unpaired) electrons. The minimum atomic E-state index is -1.64. The van der Waals surface area contributed by atoms with Crippen LogP contribution in [0.2, 0.25) is 0 Å². The molecule has 6 unspecified atom stereocenters. The molecule has 8 heteroatoms. The van der Waals surface area contributed by atoms with Gasteiger partial charge in [0.15, 0.2) is 0 Å². The van der Waals surface area contributed by atoms with Crippen molar-refractivity contribution < 1.29 is 29.6 Å². The van der Waals surface area contributed by atoms with E-state index in [0.29, 0.717) is 0 Å². The molecule has 1 rings (SSSR count). The van der Waals surface area contributed by atoms with Crippen LogP contribution in [-0.4, -0.2) is 55.2 Å². The zero-order valence-electron chi connectivity index (χ0n) is 13.6. The first kappa shape index (κ1) is 20.3. The lowest BCUT2D eigenvalue weighted by Crippen LogP contribution is -2.72. The third-order valence-corrected chi connectivity index (χ3v) is 7.48. The summed E-state index contributed by atoms with van der Waals surface area (Å²) in [6, 6.07) is 0. The van der Waals surface area contributed by atoms with Crippen LogP contribution >= 0.6 is 16.9 Å². The second-order valence-corrected chi connectivity index (χ2v) is 10.1. The molecule has 0 spiro atoms. The molecule has 1 fully saturated rings. The van der Waals surface area contributed by atoms with Crippen molar-refractivity contribution in [2.75, 3.05) is 0 Å². The highest BCUT2D eigenvalue weighted by Gasteiger charge is 2.64. The van der Waals surface area contributed by atoms with E-state index in [9.17, 15) is 29.6 Å². The molecule has 1 saturated carbocycles. The van der Waals surface area contributed by atoms with E-state index in [0.717, 1.165) is 0 Å². The maximum Gasteiger partial charge on any atom is 0.0955 e. The largest absolute Gasteiger partial charge is 0.389 e. The Kier molecular flexibility index (Phi) is 6.90. The van der Waals surface area contributed by atoms with Crippen molar-refractivity contribution >= 4 is 16.9 Å². The summed E-state index contributed by atoms with van der Waals surface area (Å²) in [4.78, 5) is 0. The van der Waals surface area contributed by atoms with Crippen LogP contribution in [0.25, 0.3) is 0 Å². The summed E-state index contributed by atoms with van der Waals surface area (Å²) in [6.45, 7) is 7.40. The summed E-state index contributed by atoms with van der Waals surface area (Å²) in [5.74, 6) is 0.0321. The normalized spacial score (nSPS) is 44.1. The first-order valence-electron chi connectivity index (χ1n) is 7.74. The molecular formula is C14H30O6P2. The highest BCUT2D eigenvalue weighted by molar-refractivity contribution is 7.27. The van der Waals surface area contributed by atoms with Gasteiger partial charge in [0.1, 0.15) is 0 Å². The van der Waals surface area contributed by atoms with Crippen LogP contribution in [0.4, 0.5) is 0 Å². The summed E-state index contributed by atoms with van der Waals surface area (Å²) < 4.78 is 23.7. The minimum Gasteiger partial charge on any atom is -0.389 e. The third kappa shape index (κ3) is 3.24. The standard InChI is InChI=1S/C14H30O6P2/c1-7(2)5-13(21-19)9(15)11(17)14(22-20,6-8(3)4)12(18)10(13)16/h7-12,15-18H,5-6,21-22H2,1-4H3. The van der Waals surface area contributed by atoms with Crippen molar-refractivity contribution in [3.05, 3.63) is 0 Å². The zero-order chi connectivity index (χ0) is 17.3. The van der Waals surface area contributed by atoms with E-state index in [4.69, 9.17) is 0 Å². The fourth-order valence-corrected chi connectivity index (χ4v) is 6.22. The molecule has 1 aliphatic carbocycles. The molecule has 0 saturated heterocycles. The molecule has 0 aromatic rings. The van der Waals surface area contributed by atoms with Crippen LogP contribution in [0, 0.1) is 11.8 Å². The summed E-state index contributed by atoms with van der Waals surface area (Å²) in [7, 11) is -3.27. The molecule has 6 atom stereocenters. The predicted octanol–water partition coefficient (Wildman–Crippen LogP) is 0.526. The Morgan fingerprint density at radius 3 is 1.09 bits per heavy atom. The van der Waals surface area contributed by atoms with Gasteiger partial charge in [-0.15, -0.1) is 0 Å². The molecule has 1 aliphatic rings. The average Bonchev–Trinajstić information content (AvgIpc) is 2.45. The quantitative estimate of drug-likeness (QED) is 0.516. The van der Waals surface area contributed by atoms with E-state index in [2.05, 4.69) is 0 Å². The molecule has 0 heterocycles. The SMILES string of the molecule is CC(C)CC1([PH2]=O)C(O)C(O)C(CC(C)C)([PH2]=O)C(O)C1O. The van der Waals surface area contributed by atoms with Gasteiger partial charge < -0.3 is 29.6 Å². The smallest absolute Gasteiger partial charge is 0.0955 e. The molecule has 0 aromatic carbocycles. The Labute approximate surface area is 134 Å². The lowest BCUT2D eigenvalue weighted by Gasteiger charge is -2.55. The highest BCUT2D eigenvalue weighted by Crippen LogP contribution is 2.53. The summed E-state index contributed by atoms with van der Waals surface area (Å²) in [5, 5.41) is 39.4. The fourth-order valence-electron chi connectivity index (χ4n) is 3.80. The Morgan fingerprint density at radius 1 is 0.727 bits per heavy atom. The van der Waals surface area contributed by atoms with Crippen molar-refractivity contribution in [3.63, 3.8) is 0 Å². The molecule has 0 aromatic heterocycles. The summed E-state index contributed by atoms with van der Waals surface area (Å²) >= 11 is 0. The van der Waals surface area contributed by atoms with E-state index < -0.39 is 51.6 Å². The predicted molar refractivity (Wildman–Crippen MR) is 89.2 cm³/mol. The van der Waals surface area contributed by atoms with Crippen LogP contribution in [0.3, 0.4) is 0 Å². The van der Waals surface area contributed by atoms with E-state index >= 15 is 0 Å². The molecule has 0 amide bonds. The van der Waals surface area contributed by atoms with E-state index in [1.165, 1.54) is 0 Å². The Balaban J connectivity index is 3.36. The maximum atomic E-state index is 11.8. The van der Waals surface area contributed by atoms with Gasteiger partial charge in [-0.2, -0.15) is 0 Å². The molecule has 0 bridgehead atoms. The van der Waals surface area contributed by atoms with Crippen molar-refractivity contribution in [3.8, 4) is 0 Å². The minimum absolute atomic E-state index is 0.0161. The lowest BCUT2D eigenvalue weighted by atomic mass is 9.67. The van der Waals surface area contributed by atoms with Gasteiger partial charge in [-0.05, 0) is 24.7 Å². The molecular weight excluding hydrogens is 326 g/mol. The van der Waals surface area contributed by atoms with Gasteiger partial charge in [0.2, 0.25) is 0 Å². The first-order chi connectivity index (χ1) is 10.1. The van der Waals surface area contributed by atoms with Crippen molar-refractivity contribution in [2.24, 2.45) is 11.8 Å². The Hall–Kier alpha value is 0.300. The average molecular weight is 356 g/mol. The molecule has 132 valence electrons. The van der Waals surface area contributed by atoms with Crippen LogP contribution in [-0.2, 0) is 9.13 Å². The monoisotopic (exact) mass is 356 g/mol. The van der Waals surface area contributed by atoms with E-state index in [1.807, 2.05) is 27.7 Å². The molecule has 22 heavy (non-hydrogen) atoms. The van der Waals surface area contributed by atoms with Gasteiger partial charge in [0, 0.05) is 0 Å².